The Morgan fingerprint density at radius 1 is 1.21 bits per heavy atom. The average molecular weight is 401 g/mol. The van der Waals surface area contributed by atoms with Crippen LogP contribution in [0, 0.1) is 0 Å². The zero-order valence-corrected chi connectivity index (χ0v) is 16.7. The Balaban J connectivity index is 1.92. The number of anilines is 1. The van der Waals surface area contributed by atoms with Crippen molar-refractivity contribution in [1.29, 1.82) is 0 Å². The number of hydrogen-bond acceptors (Lipinski definition) is 5. The number of aromatic nitrogens is 3. The van der Waals surface area contributed by atoms with Gasteiger partial charge >= 0.3 is 0 Å². The smallest absolute Gasteiger partial charge is 0.260 e. The first kappa shape index (κ1) is 19.2. The quantitative estimate of drug-likeness (QED) is 0.493. The molecule has 0 bridgehead atoms. The van der Waals surface area contributed by atoms with E-state index in [2.05, 4.69) is 17.2 Å². The van der Waals surface area contributed by atoms with Gasteiger partial charge in [0.2, 0.25) is 5.95 Å². The summed E-state index contributed by atoms with van der Waals surface area (Å²) in [6, 6.07) is 5.39. The summed E-state index contributed by atoms with van der Waals surface area (Å²) in [5, 5.41) is 15.9. The van der Waals surface area contributed by atoms with Crippen LogP contribution in [-0.2, 0) is 0 Å². The molecule has 3 aromatic rings. The van der Waals surface area contributed by atoms with E-state index in [0.29, 0.717) is 34.8 Å². The van der Waals surface area contributed by atoms with Crippen LogP contribution in [0.4, 0.5) is 5.95 Å². The Morgan fingerprint density at radius 3 is 2.75 bits per heavy atom. The average Bonchev–Trinajstić information content (AvgIpc) is 2.70. The van der Waals surface area contributed by atoms with Crippen LogP contribution in [0.3, 0.4) is 0 Å². The first-order valence-corrected chi connectivity index (χ1v) is 10.4. The maximum absolute atomic E-state index is 13.4. The zero-order valence-electron chi connectivity index (χ0n) is 16.0. The van der Waals surface area contributed by atoms with Gasteiger partial charge < -0.3 is 10.4 Å². The van der Waals surface area contributed by atoms with Crippen molar-refractivity contribution < 1.29 is 5.11 Å². The molecule has 0 unspecified atom stereocenters. The second-order valence-corrected chi connectivity index (χ2v) is 7.98. The van der Waals surface area contributed by atoms with Crippen molar-refractivity contribution in [2.24, 2.45) is 0 Å². The van der Waals surface area contributed by atoms with Gasteiger partial charge in [-0.2, -0.15) is 4.98 Å². The van der Waals surface area contributed by atoms with E-state index in [4.69, 9.17) is 16.6 Å². The molecule has 2 heterocycles. The molecule has 1 saturated carbocycles. The first-order chi connectivity index (χ1) is 13.6. The van der Waals surface area contributed by atoms with Crippen LogP contribution >= 0.6 is 11.6 Å². The van der Waals surface area contributed by atoms with Gasteiger partial charge in [-0.15, -0.1) is 0 Å². The number of halogens is 1. The summed E-state index contributed by atoms with van der Waals surface area (Å²) in [6.07, 6.45) is 6.52. The predicted octanol–water partition coefficient (Wildman–Crippen LogP) is 4.29. The highest BCUT2D eigenvalue weighted by Gasteiger charge is 2.25. The van der Waals surface area contributed by atoms with E-state index in [9.17, 15) is 9.90 Å². The van der Waals surface area contributed by atoms with E-state index in [1.165, 1.54) is 0 Å². The van der Waals surface area contributed by atoms with E-state index >= 15 is 0 Å². The molecular formula is C21H25ClN4O2. The molecule has 1 aliphatic rings. The number of pyridine rings is 1. The molecule has 1 aliphatic carbocycles. The Bertz CT molecular complexity index is 1060. The summed E-state index contributed by atoms with van der Waals surface area (Å²) in [7, 11) is 0. The highest BCUT2D eigenvalue weighted by atomic mass is 35.5. The molecule has 0 atom stereocenters. The predicted molar refractivity (Wildman–Crippen MR) is 113 cm³/mol. The van der Waals surface area contributed by atoms with E-state index in [1.807, 2.05) is 6.07 Å². The van der Waals surface area contributed by atoms with Crippen molar-refractivity contribution in [2.75, 3.05) is 11.9 Å². The molecule has 0 aliphatic heterocycles. The van der Waals surface area contributed by atoms with Crippen LogP contribution in [-0.4, -0.2) is 32.3 Å². The fraction of sp³-hybridized carbons (Fsp3) is 0.476. The molecule has 1 aromatic carbocycles. The minimum Gasteiger partial charge on any atom is -0.393 e. The van der Waals surface area contributed by atoms with Crippen LogP contribution in [0.15, 0.2) is 29.2 Å². The van der Waals surface area contributed by atoms with Crippen molar-refractivity contribution in [3.05, 3.63) is 39.8 Å². The number of aliphatic hydroxyl groups is 1. The zero-order chi connectivity index (χ0) is 19.7. The largest absolute Gasteiger partial charge is 0.393 e. The molecule has 2 aromatic heterocycles. The number of fused-ring (bicyclic) bond motifs is 3. The molecule has 0 spiro atoms. The monoisotopic (exact) mass is 400 g/mol. The summed E-state index contributed by atoms with van der Waals surface area (Å²) in [5.74, 6) is 0.540. The van der Waals surface area contributed by atoms with Crippen molar-refractivity contribution in [3.63, 3.8) is 0 Å². The molecular weight excluding hydrogens is 376 g/mol. The molecule has 4 rings (SSSR count). The third kappa shape index (κ3) is 3.59. The summed E-state index contributed by atoms with van der Waals surface area (Å²) < 4.78 is 1.80. The van der Waals surface area contributed by atoms with E-state index in [1.54, 1.807) is 22.9 Å². The van der Waals surface area contributed by atoms with E-state index in [0.717, 1.165) is 43.0 Å². The van der Waals surface area contributed by atoms with Crippen molar-refractivity contribution in [2.45, 2.75) is 57.6 Å². The van der Waals surface area contributed by atoms with Crippen molar-refractivity contribution in [1.82, 2.24) is 14.5 Å². The maximum Gasteiger partial charge on any atom is 0.260 e. The third-order valence-corrected chi connectivity index (χ3v) is 5.80. The molecule has 148 valence electrons. The number of nitrogens with one attached hydrogen (secondary N) is 1. The minimum absolute atomic E-state index is 0.0140. The van der Waals surface area contributed by atoms with Gasteiger partial charge in [-0.1, -0.05) is 31.0 Å². The number of benzene rings is 1. The van der Waals surface area contributed by atoms with Crippen LogP contribution in [0.5, 0.6) is 0 Å². The number of hydrogen-bond donors (Lipinski definition) is 2. The molecule has 28 heavy (non-hydrogen) atoms. The molecule has 0 radical (unpaired) electrons. The van der Waals surface area contributed by atoms with Crippen molar-refractivity contribution in [3.8, 4) is 0 Å². The number of unbranched alkanes of at least 4 members (excludes halogenated alkanes) is 1. The molecule has 7 heteroatoms. The van der Waals surface area contributed by atoms with Gasteiger partial charge in [-0.05, 0) is 49.6 Å². The van der Waals surface area contributed by atoms with Crippen molar-refractivity contribution >= 4 is 39.4 Å². The Morgan fingerprint density at radius 2 is 2.00 bits per heavy atom. The Hall–Kier alpha value is -2.18. The van der Waals surface area contributed by atoms with Gasteiger partial charge in [-0.25, -0.2) is 4.98 Å². The lowest BCUT2D eigenvalue weighted by molar-refractivity contribution is 0.111. The van der Waals surface area contributed by atoms with Gasteiger partial charge in [0.25, 0.3) is 5.56 Å². The SMILES string of the molecule is CCCCNc1ncc2c3ccc(Cl)cc3c(=O)n(C3CCC(O)CC3)c2n1. The molecule has 6 nitrogen and oxygen atoms in total. The van der Waals surface area contributed by atoms with Crippen LogP contribution in [0.25, 0.3) is 21.8 Å². The summed E-state index contributed by atoms with van der Waals surface area (Å²) >= 11 is 6.17. The molecule has 1 fully saturated rings. The lowest BCUT2D eigenvalue weighted by Gasteiger charge is -2.28. The molecule has 2 N–H and O–H groups in total. The third-order valence-electron chi connectivity index (χ3n) is 5.56. The van der Waals surface area contributed by atoms with Gasteiger partial charge in [0.05, 0.1) is 6.10 Å². The van der Waals surface area contributed by atoms with Crippen LogP contribution in [0.1, 0.15) is 51.5 Å². The summed E-state index contributed by atoms with van der Waals surface area (Å²) in [6.45, 7) is 2.93. The van der Waals surface area contributed by atoms with Crippen LogP contribution < -0.4 is 10.9 Å². The Labute approximate surface area is 168 Å². The molecule has 0 saturated heterocycles. The highest BCUT2D eigenvalue weighted by molar-refractivity contribution is 6.31. The first-order valence-electron chi connectivity index (χ1n) is 10.0. The Kier molecular flexibility index (Phi) is 5.51. The molecule has 0 amide bonds. The normalized spacial score (nSPS) is 20.0. The maximum atomic E-state index is 13.4. The number of nitrogens with zero attached hydrogens (tertiary/aromatic N) is 3. The van der Waals surface area contributed by atoms with E-state index in [-0.39, 0.29) is 17.7 Å². The second kappa shape index (κ2) is 8.05. The van der Waals surface area contributed by atoms with Gasteiger partial charge in [0.1, 0.15) is 5.65 Å². The summed E-state index contributed by atoms with van der Waals surface area (Å²) in [4.78, 5) is 22.6. The lowest BCUT2D eigenvalue weighted by Crippen LogP contribution is -2.30. The number of rotatable bonds is 5. The van der Waals surface area contributed by atoms with Gasteiger partial charge in [0, 0.05) is 34.6 Å². The standard InChI is InChI=1S/C21H25ClN4O2/c1-2-3-10-23-21-24-12-18-16-9-4-13(22)11-17(16)20(28)26(19(18)25-21)14-5-7-15(27)8-6-14/h4,9,11-12,14-15,27H,2-3,5-8,10H2,1H3,(H,23,24,25). The number of aliphatic hydroxyl groups excluding tert-OH is 1. The van der Waals surface area contributed by atoms with Gasteiger partial charge in [-0.3, -0.25) is 9.36 Å². The fourth-order valence-electron chi connectivity index (χ4n) is 4.02. The fourth-order valence-corrected chi connectivity index (χ4v) is 4.19. The highest BCUT2D eigenvalue weighted by Crippen LogP contribution is 2.32. The van der Waals surface area contributed by atoms with Gasteiger partial charge in [0.15, 0.2) is 0 Å². The van der Waals surface area contributed by atoms with Crippen LogP contribution in [0.2, 0.25) is 5.02 Å². The minimum atomic E-state index is -0.283. The topological polar surface area (TPSA) is 80.0 Å². The van der Waals surface area contributed by atoms with E-state index < -0.39 is 0 Å². The summed E-state index contributed by atoms with van der Waals surface area (Å²) in [5.41, 5.74) is 0.569. The second-order valence-electron chi connectivity index (χ2n) is 7.54. The lowest BCUT2D eigenvalue weighted by atomic mass is 9.92.